The Bertz CT molecular complexity index is 493. The van der Waals surface area contributed by atoms with Crippen molar-refractivity contribution in [2.24, 2.45) is 0 Å². The van der Waals surface area contributed by atoms with Gasteiger partial charge in [-0.05, 0) is 19.1 Å². The smallest absolute Gasteiger partial charge is 0.325 e. The number of rotatable bonds is 6. The van der Waals surface area contributed by atoms with Gasteiger partial charge in [0.05, 0.1) is 7.11 Å². The molecule has 0 aliphatic carbocycles. The maximum Gasteiger partial charge on any atom is 0.325 e. The number of ether oxygens (including phenoxy) is 2. The third-order valence-electron chi connectivity index (χ3n) is 2.53. The van der Waals surface area contributed by atoms with Crippen LogP contribution in [0.3, 0.4) is 0 Å². The number of halogens is 2. The van der Waals surface area contributed by atoms with E-state index in [0.717, 1.165) is 12.1 Å². The number of likely N-dealkylation sites (N-methyl/N-ethyl adjacent to an activating group) is 1. The maximum absolute atomic E-state index is 13.3. The summed E-state index contributed by atoms with van der Waals surface area (Å²) in [5, 5.41) is 0. The molecule has 7 heteroatoms. The lowest BCUT2D eigenvalue weighted by molar-refractivity contribution is -0.147. The molecule has 0 saturated carbocycles. The summed E-state index contributed by atoms with van der Waals surface area (Å²) in [5.74, 6) is -2.92. The summed E-state index contributed by atoms with van der Waals surface area (Å²) in [7, 11) is 1.21. The van der Waals surface area contributed by atoms with Crippen molar-refractivity contribution in [3.63, 3.8) is 0 Å². The summed E-state index contributed by atoms with van der Waals surface area (Å²) < 4.78 is 35.4. The van der Waals surface area contributed by atoms with E-state index < -0.39 is 30.1 Å². The summed E-state index contributed by atoms with van der Waals surface area (Å²) in [5.41, 5.74) is 0. The first-order valence-corrected chi connectivity index (χ1v) is 5.90. The summed E-state index contributed by atoms with van der Waals surface area (Å²) in [4.78, 5) is 24.1. The fourth-order valence-electron chi connectivity index (χ4n) is 1.42. The number of methoxy groups -OCH3 is 1. The molecule has 5 nitrogen and oxygen atoms in total. The summed E-state index contributed by atoms with van der Waals surface area (Å²) in [6, 6.07) is 2.77. The van der Waals surface area contributed by atoms with Crippen molar-refractivity contribution in [2.75, 3.05) is 26.8 Å². The highest BCUT2D eigenvalue weighted by Gasteiger charge is 2.17. The van der Waals surface area contributed by atoms with Gasteiger partial charge in [0.2, 0.25) is 0 Å². The van der Waals surface area contributed by atoms with Crippen LogP contribution in [0.4, 0.5) is 8.78 Å². The Morgan fingerprint density at radius 1 is 1.30 bits per heavy atom. The summed E-state index contributed by atoms with van der Waals surface area (Å²) >= 11 is 0. The number of carbonyl (C=O) groups excluding carboxylic acids is 2. The molecule has 110 valence electrons. The summed E-state index contributed by atoms with van der Waals surface area (Å²) in [6.45, 7) is 1.30. The van der Waals surface area contributed by atoms with Crippen molar-refractivity contribution in [2.45, 2.75) is 6.92 Å². The average molecular weight is 287 g/mol. The van der Waals surface area contributed by atoms with Crippen LogP contribution in [0.25, 0.3) is 0 Å². The first-order valence-electron chi connectivity index (χ1n) is 5.90. The van der Waals surface area contributed by atoms with E-state index in [-0.39, 0.29) is 18.8 Å². The standard InChI is InChI=1S/C13H15F2NO4/c1-3-16(7-13(18)19-2)12(17)8-20-11-5-4-9(14)6-10(11)15/h4-6H,3,7-8H2,1-2H3. The van der Waals surface area contributed by atoms with Crippen molar-refractivity contribution in [3.05, 3.63) is 29.8 Å². The van der Waals surface area contributed by atoms with E-state index in [9.17, 15) is 18.4 Å². The van der Waals surface area contributed by atoms with Crippen molar-refractivity contribution in [3.8, 4) is 5.75 Å². The Morgan fingerprint density at radius 2 is 2.00 bits per heavy atom. The Balaban J connectivity index is 2.58. The van der Waals surface area contributed by atoms with Crippen molar-refractivity contribution in [1.29, 1.82) is 0 Å². The molecule has 0 spiro atoms. The molecule has 1 aromatic rings. The van der Waals surface area contributed by atoms with Crippen molar-refractivity contribution < 1.29 is 27.8 Å². The second-order valence-electron chi connectivity index (χ2n) is 3.85. The molecule has 1 amide bonds. The Hall–Kier alpha value is -2.18. The maximum atomic E-state index is 13.3. The molecule has 0 aliphatic heterocycles. The molecule has 0 aromatic heterocycles. The van der Waals surface area contributed by atoms with Crippen LogP contribution < -0.4 is 4.74 Å². The van der Waals surface area contributed by atoms with E-state index in [1.165, 1.54) is 12.0 Å². The lowest BCUT2D eigenvalue weighted by Crippen LogP contribution is -2.39. The first kappa shape index (κ1) is 15.9. The minimum atomic E-state index is -0.895. The molecule has 0 bridgehead atoms. The molecule has 0 heterocycles. The van der Waals surface area contributed by atoms with Crippen LogP contribution in [0.15, 0.2) is 18.2 Å². The van der Waals surface area contributed by atoms with Gasteiger partial charge in [0.1, 0.15) is 12.4 Å². The second-order valence-corrected chi connectivity index (χ2v) is 3.85. The second kappa shape index (κ2) is 7.42. The van der Waals surface area contributed by atoms with Gasteiger partial charge in [-0.3, -0.25) is 9.59 Å². The van der Waals surface area contributed by atoms with E-state index in [1.54, 1.807) is 6.92 Å². The molecule has 1 rings (SSSR count). The number of hydrogen-bond donors (Lipinski definition) is 0. The van der Waals surface area contributed by atoms with Crippen molar-refractivity contribution in [1.82, 2.24) is 4.90 Å². The molecule has 0 N–H and O–H groups in total. The fraction of sp³-hybridized carbons (Fsp3) is 0.385. The third-order valence-corrected chi connectivity index (χ3v) is 2.53. The zero-order valence-electron chi connectivity index (χ0n) is 11.2. The van der Waals surface area contributed by atoms with Gasteiger partial charge in [0.25, 0.3) is 5.91 Å². The number of benzene rings is 1. The molecule has 0 atom stereocenters. The van der Waals surface area contributed by atoms with Gasteiger partial charge in [0.15, 0.2) is 18.2 Å². The van der Waals surface area contributed by atoms with Crippen LogP contribution in [0, 0.1) is 11.6 Å². The van der Waals surface area contributed by atoms with Crippen LogP contribution in [-0.4, -0.2) is 43.6 Å². The largest absolute Gasteiger partial charge is 0.481 e. The van der Waals surface area contributed by atoms with E-state index in [0.29, 0.717) is 6.07 Å². The van der Waals surface area contributed by atoms with Crippen LogP contribution in [0.1, 0.15) is 6.92 Å². The van der Waals surface area contributed by atoms with Crippen LogP contribution in [0.5, 0.6) is 5.75 Å². The minimum absolute atomic E-state index is 0.207. The zero-order chi connectivity index (χ0) is 15.1. The molecule has 20 heavy (non-hydrogen) atoms. The van der Waals surface area contributed by atoms with Gasteiger partial charge in [-0.25, -0.2) is 8.78 Å². The number of hydrogen-bond acceptors (Lipinski definition) is 4. The van der Waals surface area contributed by atoms with Gasteiger partial charge in [-0.15, -0.1) is 0 Å². The monoisotopic (exact) mass is 287 g/mol. The number of amides is 1. The van der Waals surface area contributed by atoms with Crippen LogP contribution in [-0.2, 0) is 14.3 Å². The first-order chi connectivity index (χ1) is 9.47. The van der Waals surface area contributed by atoms with E-state index in [1.807, 2.05) is 0 Å². The summed E-state index contributed by atoms with van der Waals surface area (Å²) in [6.07, 6.45) is 0. The van der Waals surface area contributed by atoms with Crippen LogP contribution >= 0.6 is 0 Å². The Labute approximate surface area is 115 Å². The molecule has 0 saturated heterocycles. The van der Waals surface area contributed by atoms with Crippen molar-refractivity contribution >= 4 is 11.9 Å². The highest BCUT2D eigenvalue weighted by molar-refractivity contribution is 5.83. The Kier molecular flexibility index (Phi) is 5.89. The van der Waals surface area contributed by atoms with E-state index in [2.05, 4.69) is 4.74 Å². The quantitative estimate of drug-likeness (QED) is 0.741. The lowest BCUT2D eigenvalue weighted by atomic mass is 10.3. The van der Waals surface area contributed by atoms with Crippen LogP contribution in [0.2, 0.25) is 0 Å². The fourth-order valence-corrected chi connectivity index (χ4v) is 1.42. The number of carbonyl (C=O) groups is 2. The van der Waals surface area contributed by atoms with Gasteiger partial charge in [0, 0.05) is 12.6 Å². The zero-order valence-corrected chi connectivity index (χ0v) is 11.2. The van der Waals surface area contributed by atoms with E-state index >= 15 is 0 Å². The minimum Gasteiger partial charge on any atom is -0.481 e. The normalized spacial score (nSPS) is 10.0. The molecular weight excluding hydrogens is 272 g/mol. The molecule has 0 radical (unpaired) electrons. The van der Waals surface area contributed by atoms with Gasteiger partial charge in [-0.1, -0.05) is 0 Å². The van der Waals surface area contributed by atoms with E-state index in [4.69, 9.17) is 4.74 Å². The Morgan fingerprint density at radius 3 is 2.55 bits per heavy atom. The molecule has 1 aromatic carbocycles. The van der Waals surface area contributed by atoms with Gasteiger partial charge >= 0.3 is 5.97 Å². The SMILES string of the molecule is CCN(CC(=O)OC)C(=O)COc1ccc(F)cc1F. The average Bonchev–Trinajstić information content (AvgIpc) is 2.43. The molecule has 0 fully saturated rings. The predicted molar refractivity (Wildman–Crippen MR) is 66.1 cm³/mol. The number of esters is 1. The lowest BCUT2D eigenvalue weighted by Gasteiger charge is -2.19. The molecule has 0 aliphatic rings. The molecule has 0 unspecified atom stereocenters. The predicted octanol–water partition coefficient (Wildman–Crippen LogP) is 1.37. The van der Waals surface area contributed by atoms with Gasteiger partial charge < -0.3 is 14.4 Å². The highest BCUT2D eigenvalue weighted by atomic mass is 19.1. The topological polar surface area (TPSA) is 55.8 Å². The molecular formula is C13H15F2NO4. The number of nitrogens with zero attached hydrogens (tertiary/aromatic N) is 1. The highest BCUT2D eigenvalue weighted by Crippen LogP contribution is 2.17. The van der Waals surface area contributed by atoms with Gasteiger partial charge in [-0.2, -0.15) is 0 Å². The third kappa shape index (κ3) is 4.49.